The van der Waals surface area contributed by atoms with Crippen LogP contribution in [0.2, 0.25) is 0 Å². The quantitative estimate of drug-likeness (QED) is 0.425. The van der Waals surface area contributed by atoms with Crippen LogP contribution in [0, 0.1) is 46.3 Å². The van der Waals surface area contributed by atoms with Crippen LogP contribution < -0.4 is 0 Å². The highest BCUT2D eigenvalue weighted by molar-refractivity contribution is 5.10. The molecule has 4 aliphatic carbocycles. The van der Waals surface area contributed by atoms with E-state index in [0.29, 0.717) is 10.8 Å². The zero-order valence-electron chi connectivity index (χ0n) is 19.9. The lowest BCUT2D eigenvalue weighted by atomic mass is 9.44. The highest BCUT2D eigenvalue weighted by Crippen LogP contribution is 2.68. The average molecular weight is 385 g/mol. The van der Waals surface area contributed by atoms with Crippen molar-refractivity contribution in [1.82, 2.24) is 0 Å². The summed E-state index contributed by atoms with van der Waals surface area (Å²) in [5, 5.41) is 0. The van der Waals surface area contributed by atoms with Crippen LogP contribution in [0.5, 0.6) is 0 Å². The number of rotatable bonds is 4. The molecule has 0 bridgehead atoms. The average Bonchev–Trinajstić information content (AvgIpc) is 3.02. The predicted octanol–water partition coefficient (Wildman–Crippen LogP) is 8.81. The molecule has 0 N–H and O–H groups in total. The van der Waals surface area contributed by atoms with Crippen LogP contribution in [-0.2, 0) is 0 Å². The van der Waals surface area contributed by atoms with Crippen molar-refractivity contribution in [1.29, 1.82) is 0 Å². The minimum absolute atomic E-state index is 0.650. The monoisotopic (exact) mass is 384 g/mol. The molecule has 160 valence electrons. The van der Waals surface area contributed by atoms with Crippen molar-refractivity contribution in [3.63, 3.8) is 0 Å². The molecule has 1 unspecified atom stereocenters. The summed E-state index contributed by atoms with van der Waals surface area (Å²) < 4.78 is 0. The van der Waals surface area contributed by atoms with E-state index in [2.05, 4.69) is 41.5 Å². The summed E-state index contributed by atoms with van der Waals surface area (Å²) in [4.78, 5) is 0. The zero-order valence-corrected chi connectivity index (χ0v) is 19.9. The van der Waals surface area contributed by atoms with Gasteiger partial charge in [-0.2, -0.15) is 0 Å². The van der Waals surface area contributed by atoms with E-state index in [1.807, 2.05) is 0 Å². The third kappa shape index (κ3) is 3.33. The Balaban J connectivity index is 1.48. The molecule has 0 heterocycles. The van der Waals surface area contributed by atoms with Gasteiger partial charge in [0.15, 0.2) is 0 Å². The fourth-order valence-corrected chi connectivity index (χ4v) is 9.17. The summed E-state index contributed by atoms with van der Waals surface area (Å²) in [7, 11) is 0. The van der Waals surface area contributed by atoms with Gasteiger partial charge < -0.3 is 0 Å². The molecule has 0 spiro atoms. The van der Waals surface area contributed by atoms with E-state index in [4.69, 9.17) is 0 Å². The fourth-order valence-electron chi connectivity index (χ4n) is 9.17. The first-order valence-corrected chi connectivity index (χ1v) is 12.9. The summed E-state index contributed by atoms with van der Waals surface area (Å²) in [5.41, 5.74) is 4.53. The Labute approximate surface area is 176 Å². The Bertz CT molecular complexity index is 595. The number of allylic oxidation sites excluding steroid dienone is 2. The van der Waals surface area contributed by atoms with E-state index in [-0.39, 0.29) is 0 Å². The van der Waals surface area contributed by atoms with E-state index in [0.717, 1.165) is 35.5 Å². The number of fused-ring (bicyclic) bond motifs is 5. The third-order valence-electron chi connectivity index (χ3n) is 11.2. The molecule has 0 radical (unpaired) electrons. The van der Waals surface area contributed by atoms with Gasteiger partial charge in [0.1, 0.15) is 0 Å². The molecule has 0 saturated heterocycles. The molecular formula is C28H48. The van der Waals surface area contributed by atoms with E-state index in [1.54, 1.807) is 49.7 Å². The molecule has 8 atom stereocenters. The standard InChI is InChI=1S/C28H48/c1-19(2)20(3)10-11-21(4)24-14-15-25-23-13-12-22-9-7-8-17-27(22,5)26(23)16-18-28(24,25)6/h21-26H,7-18H2,1-6H3/t21-,22?,23+,24-,25+,26+,27+,28-/m1/s1. The van der Waals surface area contributed by atoms with E-state index in [1.165, 1.54) is 38.5 Å². The highest BCUT2D eigenvalue weighted by atomic mass is 14.6. The summed E-state index contributed by atoms with van der Waals surface area (Å²) in [6.45, 7) is 15.0. The summed E-state index contributed by atoms with van der Waals surface area (Å²) in [5.74, 6) is 6.13. The second-order valence-corrected chi connectivity index (χ2v) is 12.4. The molecule has 4 saturated carbocycles. The molecule has 0 aromatic heterocycles. The van der Waals surface area contributed by atoms with Gasteiger partial charge >= 0.3 is 0 Å². The number of hydrogen-bond donors (Lipinski definition) is 0. The summed E-state index contributed by atoms with van der Waals surface area (Å²) in [6.07, 6.45) is 18.2. The van der Waals surface area contributed by atoms with Crippen LogP contribution in [0.15, 0.2) is 11.1 Å². The van der Waals surface area contributed by atoms with Crippen LogP contribution in [0.3, 0.4) is 0 Å². The molecule has 4 rings (SSSR count). The summed E-state index contributed by atoms with van der Waals surface area (Å²) >= 11 is 0. The molecular weight excluding hydrogens is 336 g/mol. The predicted molar refractivity (Wildman–Crippen MR) is 122 cm³/mol. The lowest BCUT2D eigenvalue weighted by Gasteiger charge is -2.61. The van der Waals surface area contributed by atoms with Crippen LogP contribution in [-0.4, -0.2) is 0 Å². The van der Waals surface area contributed by atoms with Crippen molar-refractivity contribution in [2.45, 2.75) is 119 Å². The number of hydrogen-bond acceptors (Lipinski definition) is 0. The van der Waals surface area contributed by atoms with Crippen molar-refractivity contribution in [3.8, 4) is 0 Å². The molecule has 0 heteroatoms. The van der Waals surface area contributed by atoms with Crippen molar-refractivity contribution >= 4 is 0 Å². The maximum atomic E-state index is 2.74. The first kappa shape index (κ1) is 21.0. The lowest BCUT2D eigenvalue weighted by Crippen LogP contribution is -2.53. The Morgan fingerprint density at radius 2 is 1.57 bits per heavy atom. The molecule has 0 aromatic carbocycles. The summed E-state index contributed by atoms with van der Waals surface area (Å²) in [6, 6.07) is 0. The first-order chi connectivity index (χ1) is 13.3. The van der Waals surface area contributed by atoms with Gasteiger partial charge in [0.05, 0.1) is 0 Å². The van der Waals surface area contributed by atoms with Crippen LogP contribution in [0.25, 0.3) is 0 Å². The molecule has 4 fully saturated rings. The van der Waals surface area contributed by atoms with E-state index >= 15 is 0 Å². The van der Waals surface area contributed by atoms with E-state index in [9.17, 15) is 0 Å². The smallest absolute Gasteiger partial charge is 0.0264 e. The third-order valence-corrected chi connectivity index (χ3v) is 11.2. The minimum Gasteiger partial charge on any atom is -0.0775 e. The molecule has 4 aliphatic rings. The Morgan fingerprint density at radius 3 is 2.32 bits per heavy atom. The van der Waals surface area contributed by atoms with Gasteiger partial charge in [0, 0.05) is 0 Å². The Kier molecular flexibility index (Phi) is 5.83. The molecule has 0 aliphatic heterocycles. The SMILES string of the molecule is CC(C)=C(C)CC[C@@H](C)[C@H]1CC[C@H]2[C@@H]3CCC4CCCC[C@]4(C)[C@H]3CC[C@]12C. The first-order valence-electron chi connectivity index (χ1n) is 12.9. The maximum Gasteiger partial charge on any atom is -0.0264 e. The topological polar surface area (TPSA) is 0 Å². The lowest BCUT2D eigenvalue weighted by molar-refractivity contribution is -0.114. The van der Waals surface area contributed by atoms with Crippen molar-refractivity contribution in [2.75, 3.05) is 0 Å². The van der Waals surface area contributed by atoms with Gasteiger partial charge in [-0.05, 0) is 131 Å². The highest BCUT2D eigenvalue weighted by Gasteiger charge is 2.59. The van der Waals surface area contributed by atoms with Crippen LogP contribution in [0.1, 0.15) is 119 Å². The van der Waals surface area contributed by atoms with Crippen molar-refractivity contribution in [3.05, 3.63) is 11.1 Å². The van der Waals surface area contributed by atoms with Gasteiger partial charge in [-0.1, -0.05) is 44.8 Å². The van der Waals surface area contributed by atoms with Crippen LogP contribution in [0.4, 0.5) is 0 Å². The largest absolute Gasteiger partial charge is 0.0775 e. The molecule has 0 aromatic rings. The van der Waals surface area contributed by atoms with Crippen molar-refractivity contribution in [2.24, 2.45) is 46.3 Å². The van der Waals surface area contributed by atoms with Gasteiger partial charge in [0.25, 0.3) is 0 Å². The zero-order chi connectivity index (χ0) is 20.1. The Hall–Kier alpha value is -0.260. The molecule has 28 heavy (non-hydrogen) atoms. The Morgan fingerprint density at radius 1 is 0.821 bits per heavy atom. The second kappa shape index (κ2) is 7.77. The van der Waals surface area contributed by atoms with Crippen LogP contribution >= 0.6 is 0 Å². The maximum absolute atomic E-state index is 2.74. The van der Waals surface area contributed by atoms with Gasteiger partial charge in [-0.25, -0.2) is 0 Å². The second-order valence-electron chi connectivity index (χ2n) is 12.4. The molecule has 0 nitrogen and oxygen atoms in total. The normalized spacial score (nSPS) is 46.3. The fraction of sp³-hybridized carbons (Fsp3) is 0.929. The van der Waals surface area contributed by atoms with Gasteiger partial charge in [-0.3, -0.25) is 0 Å². The molecule has 0 amide bonds. The van der Waals surface area contributed by atoms with Crippen molar-refractivity contribution < 1.29 is 0 Å². The minimum atomic E-state index is 0.650. The van der Waals surface area contributed by atoms with E-state index < -0.39 is 0 Å². The van der Waals surface area contributed by atoms with Gasteiger partial charge in [0.2, 0.25) is 0 Å². The van der Waals surface area contributed by atoms with Gasteiger partial charge in [-0.15, -0.1) is 0 Å².